The molecule has 1 aromatic carbocycles. The number of esters is 1. The molecule has 4 nitrogen and oxygen atoms in total. The van der Waals surface area contributed by atoms with Crippen LogP contribution in [0, 0.1) is 0 Å². The predicted octanol–water partition coefficient (Wildman–Crippen LogP) is 3.07. The standard InChI is InChI=1S/C15H22O4/c1-5-8-11-12(16)9-7-10-13(11)19-15(3,4)14(17)18-6-2/h7,9-10,16H,5-6,8H2,1-4H3. The van der Waals surface area contributed by atoms with Crippen LogP contribution in [0.25, 0.3) is 0 Å². The van der Waals surface area contributed by atoms with Gasteiger partial charge in [-0.25, -0.2) is 4.79 Å². The van der Waals surface area contributed by atoms with Crippen LogP contribution in [0.2, 0.25) is 0 Å². The molecule has 0 unspecified atom stereocenters. The molecule has 0 atom stereocenters. The van der Waals surface area contributed by atoms with E-state index in [0.717, 1.165) is 12.0 Å². The van der Waals surface area contributed by atoms with Crippen LogP contribution >= 0.6 is 0 Å². The molecule has 1 aromatic rings. The van der Waals surface area contributed by atoms with E-state index in [4.69, 9.17) is 9.47 Å². The molecule has 1 N–H and O–H groups in total. The van der Waals surface area contributed by atoms with E-state index in [2.05, 4.69) is 0 Å². The number of phenolic OH excluding ortho intramolecular Hbond substituents is 1. The zero-order valence-corrected chi connectivity index (χ0v) is 12.0. The minimum Gasteiger partial charge on any atom is -0.508 e. The monoisotopic (exact) mass is 266 g/mol. The summed E-state index contributed by atoms with van der Waals surface area (Å²) in [5.41, 5.74) is -0.353. The number of ether oxygens (including phenoxy) is 2. The Bertz CT molecular complexity index is 438. The molecule has 0 saturated heterocycles. The average molecular weight is 266 g/mol. The molecule has 0 aliphatic rings. The molecular formula is C15H22O4. The molecule has 0 fully saturated rings. The van der Waals surface area contributed by atoms with E-state index in [1.807, 2.05) is 6.92 Å². The van der Waals surface area contributed by atoms with Gasteiger partial charge in [-0.1, -0.05) is 19.4 Å². The fourth-order valence-electron chi connectivity index (χ4n) is 1.77. The van der Waals surface area contributed by atoms with E-state index in [1.165, 1.54) is 0 Å². The summed E-state index contributed by atoms with van der Waals surface area (Å²) in [5.74, 6) is 0.305. The van der Waals surface area contributed by atoms with Crippen LogP contribution in [0.15, 0.2) is 18.2 Å². The minimum absolute atomic E-state index is 0.194. The van der Waals surface area contributed by atoms with Crippen molar-refractivity contribution in [3.8, 4) is 11.5 Å². The lowest BCUT2D eigenvalue weighted by molar-refractivity contribution is -0.158. The summed E-state index contributed by atoms with van der Waals surface area (Å²) in [7, 11) is 0. The van der Waals surface area contributed by atoms with Gasteiger partial charge in [-0.3, -0.25) is 0 Å². The van der Waals surface area contributed by atoms with Crippen LogP contribution in [0.5, 0.6) is 11.5 Å². The molecule has 1 rings (SSSR count). The Kier molecular flexibility index (Phi) is 5.21. The largest absolute Gasteiger partial charge is 0.508 e. The summed E-state index contributed by atoms with van der Waals surface area (Å²) < 4.78 is 10.7. The van der Waals surface area contributed by atoms with E-state index < -0.39 is 11.6 Å². The highest BCUT2D eigenvalue weighted by Gasteiger charge is 2.32. The molecule has 0 spiro atoms. The van der Waals surface area contributed by atoms with E-state index in [0.29, 0.717) is 18.8 Å². The van der Waals surface area contributed by atoms with Gasteiger partial charge in [0.1, 0.15) is 11.5 Å². The quantitative estimate of drug-likeness (QED) is 0.804. The van der Waals surface area contributed by atoms with Crippen LogP contribution in [0.3, 0.4) is 0 Å². The highest BCUT2D eigenvalue weighted by atomic mass is 16.6. The molecule has 19 heavy (non-hydrogen) atoms. The molecule has 0 bridgehead atoms. The number of phenols is 1. The fourth-order valence-corrected chi connectivity index (χ4v) is 1.77. The van der Waals surface area contributed by atoms with E-state index in [9.17, 15) is 9.90 Å². The average Bonchev–Trinajstić information content (AvgIpc) is 2.33. The van der Waals surface area contributed by atoms with Gasteiger partial charge < -0.3 is 14.6 Å². The number of hydrogen-bond donors (Lipinski definition) is 1. The summed E-state index contributed by atoms with van der Waals surface area (Å²) in [6, 6.07) is 5.08. The van der Waals surface area contributed by atoms with Crippen LogP contribution in [0.1, 0.15) is 39.7 Å². The number of aromatic hydroxyl groups is 1. The van der Waals surface area contributed by atoms with E-state index >= 15 is 0 Å². The van der Waals surface area contributed by atoms with Crippen molar-refractivity contribution in [1.29, 1.82) is 0 Å². The van der Waals surface area contributed by atoms with Crippen molar-refractivity contribution in [3.63, 3.8) is 0 Å². The maximum atomic E-state index is 11.8. The SMILES string of the molecule is CCCc1c(O)cccc1OC(C)(C)C(=O)OCC. The summed E-state index contributed by atoms with van der Waals surface area (Å²) in [6.07, 6.45) is 1.58. The smallest absolute Gasteiger partial charge is 0.349 e. The lowest BCUT2D eigenvalue weighted by Gasteiger charge is -2.25. The Morgan fingerprint density at radius 3 is 2.58 bits per heavy atom. The Balaban J connectivity index is 2.98. The van der Waals surface area contributed by atoms with Crippen LogP contribution < -0.4 is 4.74 Å². The van der Waals surface area contributed by atoms with Crippen LogP contribution in [0.4, 0.5) is 0 Å². The molecule has 0 radical (unpaired) electrons. The molecule has 0 saturated carbocycles. The van der Waals surface area contributed by atoms with Gasteiger partial charge in [-0.2, -0.15) is 0 Å². The van der Waals surface area contributed by atoms with Gasteiger partial charge >= 0.3 is 5.97 Å². The second-order valence-corrected chi connectivity index (χ2v) is 4.84. The number of benzene rings is 1. The van der Waals surface area contributed by atoms with Gasteiger partial charge in [0.2, 0.25) is 0 Å². The maximum Gasteiger partial charge on any atom is 0.349 e. The molecule has 106 valence electrons. The second kappa shape index (κ2) is 6.45. The first-order chi connectivity index (χ1) is 8.92. The van der Waals surface area contributed by atoms with Crippen molar-refractivity contribution < 1.29 is 19.4 Å². The van der Waals surface area contributed by atoms with Crippen LogP contribution in [-0.2, 0) is 16.0 Å². The minimum atomic E-state index is -1.08. The summed E-state index contributed by atoms with van der Waals surface area (Å²) in [4.78, 5) is 11.8. The van der Waals surface area contributed by atoms with Gasteiger partial charge in [-0.05, 0) is 39.3 Å². The highest BCUT2D eigenvalue weighted by Crippen LogP contribution is 2.31. The van der Waals surface area contributed by atoms with Crippen molar-refractivity contribution in [2.24, 2.45) is 0 Å². The first kappa shape index (κ1) is 15.3. The number of carbonyl (C=O) groups excluding carboxylic acids is 1. The summed E-state index contributed by atoms with van der Waals surface area (Å²) in [5, 5.41) is 9.87. The zero-order valence-electron chi connectivity index (χ0n) is 12.0. The Labute approximate surface area is 114 Å². The normalized spacial score (nSPS) is 11.2. The van der Waals surface area contributed by atoms with Gasteiger partial charge in [0, 0.05) is 5.56 Å². The van der Waals surface area contributed by atoms with Gasteiger partial charge in [0.25, 0.3) is 0 Å². The first-order valence-electron chi connectivity index (χ1n) is 6.59. The number of hydrogen-bond acceptors (Lipinski definition) is 4. The summed E-state index contributed by atoms with van der Waals surface area (Å²) >= 11 is 0. The molecule has 0 amide bonds. The zero-order chi connectivity index (χ0) is 14.5. The Morgan fingerprint density at radius 2 is 2.00 bits per heavy atom. The highest BCUT2D eigenvalue weighted by molar-refractivity contribution is 5.79. The van der Waals surface area contributed by atoms with E-state index in [-0.39, 0.29) is 5.75 Å². The van der Waals surface area contributed by atoms with Crippen molar-refractivity contribution in [2.45, 2.75) is 46.1 Å². The summed E-state index contributed by atoms with van der Waals surface area (Å²) in [6.45, 7) is 7.40. The fraction of sp³-hybridized carbons (Fsp3) is 0.533. The predicted molar refractivity (Wildman–Crippen MR) is 73.4 cm³/mol. The topological polar surface area (TPSA) is 55.8 Å². The van der Waals surface area contributed by atoms with Crippen molar-refractivity contribution in [3.05, 3.63) is 23.8 Å². The van der Waals surface area contributed by atoms with Gasteiger partial charge in [0.15, 0.2) is 5.60 Å². The third kappa shape index (κ3) is 3.88. The molecule has 0 aliphatic heterocycles. The molecule has 0 heterocycles. The van der Waals surface area contributed by atoms with Gasteiger partial charge in [0.05, 0.1) is 6.61 Å². The lowest BCUT2D eigenvalue weighted by Crippen LogP contribution is -2.40. The Morgan fingerprint density at radius 1 is 1.32 bits per heavy atom. The Hall–Kier alpha value is -1.71. The number of carbonyl (C=O) groups is 1. The van der Waals surface area contributed by atoms with Gasteiger partial charge in [-0.15, -0.1) is 0 Å². The van der Waals surface area contributed by atoms with E-state index in [1.54, 1.807) is 39.0 Å². The lowest BCUT2D eigenvalue weighted by atomic mass is 10.1. The molecule has 0 aliphatic carbocycles. The third-order valence-electron chi connectivity index (χ3n) is 2.74. The third-order valence-corrected chi connectivity index (χ3v) is 2.74. The molecule has 4 heteroatoms. The van der Waals surface area contributed by atoms with Crippen molar-refractivity contribution in [1.82, 2.24) is 0 Å². The van der Waals surface area contributed by atoms with Crippen molar-refractivity contribution >= 4 is 5.97 Å². The molecule has 0 aromatic heterocycles. The number of rotatable bonds is 6. The second-order valence-electron chi connectivity index (χ2n) is 4.84. The maximum absolute atomic E-state index is 11.8. The van der Waals surface area contributed by atoms with Crippen molar-refractivity contribution in [2.75, 3.05) is 6.61 Å². The molecular weight excluding hydrogens is 244 g/mol. The first-order valence-corrected chi connectivity index (χ1v) is 6.59. The van der Waals surface area contributed by atoms with Crippen LogP contribution in [-0.4, -0.2) is 23.3 Å².